The number of esters is 3. The summed E-state index contributed by atoms with van der Waals surface area (Å²) in [4.78, 5) is 38.1. The Bertz CT molecular complexity index is 1230. The van der Waals surface area contributed by atoms with Crippen molar-refractivity contribution in [3.05, 3.63) is 72.9 Å². The summed E-state index contributed by atoms with van der Waals surface area (Å²) in [5, 5.41) is 0. The van der Waals surface area contributed by atoms with Gasteiger partial charge in [-0.1, -0.05) is 229 Å². The molecule has 0 aromatic heterocycles. The molecule has 6 nitrogen and oxygen atoms in total. The molecule has 1 unspecified atom stereocenters. The lowest BCUT2D eigenvalue weighted by molar-refractivity contribution is -0.167. The van der Waals surface area contributed by atoms with Crippen molar-refractivity contribution in [3.63, 3.8) is 0 Å². The number of unbranched alkanes of at least 4 members (excludes halogenated alkanes) is 29. The molecule has 0 rings (SSSR count). The molecule has 0 fully saturated rings. The zero-order chi connectivity index (χ0) is 47.2. The third-order valence-corrected chi connectivity index (χ3v) is 11.8. The number of allylic oxidation sites excluding steroid dienone is 12. The molecule has 0 spiro atoms. The van der Waals surface area contributed by atoms with Gasteiger partial charge < -0.3 is 14.2 Å². The number of carbonyl (C=O) groups excluding carboxylic acids is 3. The molecule has 1 atom stereocenters. The second kappa shape index (κ2) is 53.5. The van der Waals surface area contributed by atoms with Gasteiger partial charge in [0.15, 0.2) is 6.10 Å². The van der Waals surface area contributed by atoms with Gasteiger partial charge >= 0.3 is 17.9 Å². The van der Waals surface area contributed by atoms with Crippen LogP contribution in [0.3, 0.4) is 0 Å². The third-order valence-electron chi connectivity index (χ3n) is 11.8. The van der Waals surface area contributed by atoms with Crippen molar-refractivity contribution in [2.45, 2.75) is 271 Å². The molecule has 0 aromatic carbocycles. The first-order valence-corrected chi connectivity index (χ1v) is 27.5. The quantitative estimate of drug-likeness (QED) is 0.0199. The highest BCUT2D eigenvalue weighted by atomic mass is 16.6. The van der Waals surface area contributed by atoms with E-state index in [0.717, 1.165) is 103 Å². The first kappa shape index (κ1) is 61.9. The average molecular weight is 907 g/mol. The number of hydrogen-bond donors (Lipinski definition) is 0. The van der Waals surface area contributed by atoms with Gasteiger partial charge in [0, 0.05) is 19.3 Å². The highest BCUT2D eigenvalue weighted by Gasteiger charge is 2.19. The second-order valence-electron chi connectivity index (χ2n) is 18.2. The Morgan fingerprint density at radius 2 is 0.615 bits per heavy atom. The average Bonchev–Trinajstić information content (AvgIpc) is 3.30. The third kappa shape index (κ3) is 51.7. The maximum Gasteiger partial charge on any atom is 0.306 e. The van der Waals surface area contributed by atoms with Crippen LogP contribution >= 0.6 is 0 Å². The van der Waals surface area contributed by atoms with Crippen molar-refractivity contribution in [2.75, 3.05) is 13.2 Å². The summed E-state index contributed by atoms with van der Waals surface area (Å²) in [7, 11) is 0. The first-order valence-electron chi connectivity index (χ1n) is 27.5. The summed E-state index contributed by atoms with van der Waals surface area (Å²) in [6.45, 7) is 6.47. The van der Waals surface area contributed by atoms with Crippen molar-refractivity contribution in [1.29, 1.82) is 0 Å². The fourth-order valence-corrected chi connectivity index (χ4v) is 7.62. The smallest absolute Gasteiger partial charge is 0.306 e. The van der Waals surface area contributed by atoms with Crippen molar-refractivity contribution in [2.24, 2.45) is 0 Å². The van der Waals surface area contributed by atoms with E-state index >= 15 is 0 Å². The van der Waals surface area contributed by atoms with E-state index in [1.165, 1.54) is 122 Å². The standard InChI is InChI=1S/C59H102O6/c1-4-7-10-13-16-19-22-25-28-29-30-32-34-37-40-43-46-49-52-58(61)64-55-56(54-63-57(60)51-48-45-42-39-36-33-27-24-21-18-15-12-9-6-3)65-59(62)53-50-47-44-41-38-35-31-26-23-20-17-14-11-8-5-2/h8,11,14,17,20,23,26,30-33,36,56H,4-7,9-10,12-13,15-16,18-19,21-22,24-25,27-29,34-35,37-55H2,1-3H3/b11-8-,17-14-,23-20-,31-26-,32-30-,36-33-. The molecule has 0 bridgehead atoms. The molecule has 65 heavy (non-hydrogen) atoms. The van der Waals surface area contributed by atoms with Gasteiger partial charge in [-0.3, -0.25) is 14.4 Å². The zero-order valence-corrected chi connectivity index (χ0v) is 42.7. The Balaban J connectivity index is 4.43. The van der Waals surface area contributed by atoms with Gasteiger partial charge in [0.1, 0.15) is 13.2 Å². The maximum absolute atomic E-state index is 12.8. The minimum atomic E-state index is -0.797. The van der Waals surface area contributed by atoms with Crippen LogP contribution in [0.25, 0.3) is 0 Å². The lowest BCUT2D eigenvalue weighted by atomic mass is 10.1. The number of ether oxygens (including phenoxy) is 3. The number of carbonyl (C=O) groups is 3. The van der Waals surface area contributed by atoms with Crippen LogP contribution in [0.4, 0.5) is 0 Å². The predicted molar refractivity (Wildman–Crippen MR) is 279 cm³/mol. The van der Waals surface area contributed by atoms with Crippen molar-refractivity contribution >= 4 is 17.9 Å². The first-order chi connectivity index (χ1) is 32.0. The van der Waals surface area contributed by atoms with Gasteiger partial charge in [-0.25, -0.2) is 0 Å². The topological polar surface area (TPSA) is 78.9 Å². The molecule has 0 aliphatic carbocycles. The van der Waals surface area contributed by atoms with E-state index in [1.54, 1.807) is 0 Å². The summed E-state index contributed by atoms with van der Waals surface area (Å²) < 4.78 is 16.8. The highest BCUT2D eigenvalue weighted by Crippen LogP contribution is 2.14. The van der Waals surface area contributed by atoms with Crippen LogP contribution in [-0.4, -0.2) is 37.2 Å². The molecule has 0 aliphatic heterocycles. The molecule has 374 valence electrons. The highest BCUT2D eigenvalue weighted by molar-refractivity contribution is 5.71. The van der Waals surface area contributed by atoms with Crippen LogP contribution < -0.4 is 0 Å². The molecule has 0 saturated heterocycles. The predicted octanol–water partition coefficient (Wildman–Crippen LogP) is 18.2. The monoisotopic (exact) mass is 907 g/mol. The molecular formula is C59H102O6. The minimum absolute atomic E-state index is 0.0939. The van der Waals surface area contributed by atoms with E-state index in [4.69, 9.17) is 14.2 Å². The number of hydrogen-bond acceptors (Lipinski definition) is 6. The fraction of sp³-hybridized carbons (Fsp3) is 0.746. The minimum Gasteiger partial charge on any atom is -0.462 e. The van der Waals surface area contributed by atoms with Crippen molar-refractivity contribution in [3.8, 4) is 0 Å². The number of rotatable bonds is 49. The van der Waals surface area contributed by atoms with E-state index in [0.29, 0.717) is 19.3 Å². The molecule has 0 N–H and O–H groups in total. The molecular weight excluding hydrogens is 805 g/mol. The Labute approximate surface area is 402 Å². The molecule has 0 amide bonds. The van der Waals surface area contributed by atoms with Gasteiger partial charge in [0.25, 0.3) is 0 Å². The van der Waals surface area contributed by atoms with Crippen LogP contribution in [0, 0.1) is 0 Å². The molecule has 0 saturated carbocycles. The lowest BCUT2D eigenvalue weighted by Crippen LogP contribution is -2.30. The molecule has 6 heteroatoms. The van der Waals surface area contributed by atoms with Gasteiger partial charge in [0.2, 0.25) is 0 Å². The Hall–Kier alpha value is -3.15. The van der Waals surface area contributed by atoms with Crippen molar-refractivity contribution < 1.29 is 28.6 Å². The lowest BCUT2D eigenvalue weighted by Gasteiger charge is -2.18. The molecule has 0 aromatic rings. The largest absolute Gasteiger partial charge is 0.462 e. The van der Waals surface area contributed by atoms with Gasteiger partial charge in [-0.15, -0.1) is 0 Å². The van der Waals surface area contributed by atoms with E-state index in [1.807, 2.05) is 18.2 Å². The Kier molecular flexibility index (Phi) is 50.9. The van der Waals surface area contributed by atoms with Crippen LogP contribution in [0.2, 0.25) is 0 Å². The van der Waals surface area contributed by atoms with E-state index < -0.39 is 6.10 Å². The summed E-state index contributed by atoms with van der Waals surface area (Å²) in [5.41, 5.74) is 0. The SMILES string of the molecule is CC\C=C/C=C\C=C/C=C\CCCCCCCC(=O)OC(COC(=O)CCCCC/C=C\CCCCCCCCC)COC(=O)CCCCCCC/C=C\CCCCCCCCCCC. The van der Waals surface area contributed by atoms with Gasteiger partial charge in [-0.05, 0) is 89.9 Å². The Morgan fingerprint density at radius 3 is 1.00 bits per heavy atom. The van der Waals surface area contributed by atoms with Crippen LogP contribution in [0.5, 0.6) is 0 Å². The Morgan fingerprint density at radius 1 is 0.323 bits per heavy atom. The van der Waals surface area contributed by atoms with Crippen LogP contribution in [0.1, 0.15) is 265 Å². The van der Waals surface area contributed by atoms with Gasteiger partial charge in [0.05, 0.1) is 0 Å². The van der Waals surface area contributed by atoms with Crippen LogP contribution in [-0.2, 0) is 28.6 Å². The zero-order valence-electron chi connectivity index (χ0n) is 42.7. The van der Waals surface area contributed by atoms with E-state index in [-0.39, 0.29) is 31.1 Å². The normalized spacial score (nSPS) is 12.6. The summed E-state index contributed by atoms with van der Waals surface area (Å²) in [5.74, 6) is -0.936. The molecule has 0 radical (unpaired) electrons. The van der Waals surface area contributed by atoms with Gasteiger partial charge in [-0.2, -0.15) is 0 Å². The fourth-order valence-electron chi connectivity index (χ4n) is 7.62. The molecule has 0 aliphatic rings. The van der Waals surface area contributed by atoms with E-state index in [2.05, 4.69) is 75.5 Å². The summed E-state index contributed by atoms with van der Waals surface area (Å²) in [6, 6.07) is 0. The van der Waals surface area contributed by atoms with Crippen LogP contribution in [0.15, 0.2) is 72.9 Å². The summed E-state index contributed by atoms with van der Waals surface area (Å²) >= 11 is 0. The maximum atomic E-state index is 12.8. The molecule has 0 heterocycles. The van der Waals surface area contributed by atoms with E-state index in [9.17, 15) is 14.4 Å². The second-order valence-corrected chi connectivity index (χ2v) is 18.2. The van der Waals surface area contributed by atoms with Crippen molar-refractivity contribution in [1.82, 2.24) is 0 Å². The summed E-state index contributed by atoms with van der Waals surface area (Å²) in [6.07, 6.45) is 67.4.